The van der Waals surface area contributed by atoms with E-state index in [2.05, 4.69) is 52.2 Å². The molecule has 0 aliphatic carbocycles. The second kappa shape index (κ2) is 16.9. The first-order valence-corrected chi connectivity index (χ1v) is 20.6. The lowest BCUT2D eigenvalue weighted by Gasteiger charge is -2.49. The van der Waals surface area contributed by atoms with Crippen LogP contribution in [0.15, 0.2) is 173 Å². The molecule has 0 spiro atoms. The summed E-state index contributed by atoms with van der Waals surface area (Å²) in [6, 6.07) is 48.4. The molecule has 2 atom stereocenters. The number of hydrogen-bond acceptors (Lipinski definition) is 10. The van der Waals surface area contributed by atoms with Crippen LogP contribution in [-0.4, -0.2) is 57.7 Å². The maximum absolute atomic E-state index is 14.0. The second-order valence-corrected chi connectivity index (χ2v) is 15.7. The van der Waals surface area contributed by atoms with Gasteiger partial charge < -0.3 is 20.2 Å². The van der Waals surface area contributed by atoms with Gasteiger partial charge in [-0.05, 0) is 40.3 Å². The number of thiazole rings is 1. The van der Waals surface area contributed by atoms with Gasteiger partial charge in [0.2, 0.25) is 0 Å². The summed E-state index contributed by atoms with van der Waals surface area (Å²) in [4.78, 5) is 53.2. The molecule has 12 heteroatoms. The summed E-state index contributed by atoms with van der Waals surface area (Å²) in [5.74, 6) is -1.20. The Labute approximate surface area is 344 Å². The van der Waals surface area contributed by atoms with Crippen molar-refractivity contribution in [3.8, 4) is 0 Å². The zero-order chi connectivity index (χ0) is 40.1. The van der Waals surface area contributed by atoms with E-state index < -0.39 is 40.8 Å². The molecule has 2 aliphatic rings. The van der Waals surface area contributed by atoms with Crippen LogP contribution in [-0.2, 0) is 29.5 Å². The van der Waals surface area contributed by atoms with E-state index in [0.717, 1.165) is 27.8 Å². The maximum Gasteiger partial charge on any atom is 0.356 e. The standard InChI is InChI=1S/C46H39N5O5S2/c1-30-28-57-43-38(42(53)51(43)39(30)44(54)56-40(31-18-8-3-9-19-31)32-20-10-4-11-21-32)48-41(52)37(50-55-2)36-29-58-45(47-36)49-46(33-22-12-5-13-23-33,34-24-14-6-15-25-34)35-26-16-7-17-27-35/h3-27,29,38,40,43H,28H2,1-2H3,(H,47,49)(H,48,52). The minimum atomic E-state index is -0.923. The van der Waals surface area contributed by atoms with Gasteiger partial charge in [0.15, 0.2) is 16.9 Å². The first-order valence-electron chi connectivity index (χ1n) is 18.7. The predicted molar refractivity (Wildman–Crippen MR) is 227 cm³/mol. The molecule has 3 heterocycles. The Hall–Kier alpha value is -6.50. The van der Waals surface area contributed by atoms with Crippen LogP contribution in [0.5, 0.6) is 0 Å². The largest absolute Gasteiger partial charge is 0.448 e. The number of thioether (sulfide) groups is 1. The lowest BCUT2D eigenvalue weighted by molar-refractivity contribution is -0.154. The van der Waals surface area contributed by atoms with Crippen molar-refractivity contribution in [3.05, 3.63) is 202 Å². The van der Waals surface area contributed by atoms with Crippen LogP contribution in [0.3, 0.4) is 0 Å². The van der Waals surface area contributed by atoms with E-state index in [1.54, 1.807) is 5.38 Å². The van der Waals surface area contributed by atoms with Crippen LogP contribution >= 0.6 is 23.1 Å². The van der Waals surface area contributed by atoms with Crippen LogP contribution in [0.25, 0.3) is 0 Å². The van der Waals surface area contributed by atoms with Crippen molar-refractivity contribution in [2.75, 3.05) is 18.2 Å². The van der Waals surface area contributed by atoms with Gasteiger partial charge in [-0.15, -0.1) is 23.1 Å². The van der Waals surface area contributed by atoms with Crippen molar-refractivity contribution >= 4 is 51.7 Å². The Morgan fingerprint density at radius 3 is 1.79 bits per heavy atom. The SMILES string of the molecule is CON=C(C(=O)NC1C(=O)N2C(C(=O)OC(c3ccccc3)c3ccccc3)=C(C)CSC12)c1csc(NC(c2ccccc2)(c2ccccc2)c2ccccc2)n1. The lowest BCUT2D eigenvalue weighted by atomic mass is 9.77. The summed E-state index contributed by atoms with van der Waals surface area (Å²) in [6.07, 6.45) is -0.682. The topological polar surface area (TPSA) is 122 Å². The van der Waals surface area contributed by atoms with Gasteiger partial charge >= 0.3 is 5.97 Å². The number of hydrogen-bond donors (Lipinski definition) is 2. The zero-order valence-corrected chi connectivity index (χ0v) is 33.3. The number of oxime groups is 1. The molecule has 1 aromatic heterocycles. The van der Waals surface area contributed by atoms with Gasteiger partial charge in [-0.25, -0.2) is 9.78 Å². The molecule has 1 saturated heterocycles. The number of nitrogens with one attached hydrogen (secondary N) is 2. The second-order valence-electron chi connectivity index (χ2n) is 13.7. The van der Waals surface area contributed by atoms with Gasteiger partial charge in [0.25, 0.3) is 11.8 Å². The van der Waals surface area contributed by atoms with Crippen LogP contribution in [0.2, 0.25) is 0 Å². The fourth-order valence-corrected chi connectivity index (χ4v) is 9.44. The number of esters is 1. The fourth-order valence-electron chi connectivity index (χ4n) is 7.40. The molecule has 0 bridgehead atoms. The van der Waals surface area contributed by atoms with E-state index in [1.165, 1.54) is 35.1 Å². The number of fused-ring (bicyclic) bond motifs is 1. The molecule has 2 unspecified atom stereocenters. The third kappa shape index (κ3) is 7.39. The summed E-state index contributed by atoms with van der Waals surface area (Å²) in [5.41, 5.74) is 4.83. The number of carbonyl (C=O) groups is 3. The molecule has 10 nitrogen and oxygen atoms in total. The molecule has 2 aliphatic heterocycles. The molecule has 58 heavy (non-hydrogen) atoms. The normalized spacial score (nSPS) is 16.6. The first-order chi connectivity index (χ1) is 28.4. The summed E-state index contributed by atoms with van der Waals surface area (Å²) in [6.45, 7) is 1.82. The Bertz CT molecular complexity index is 2330. The Morgan fingerprint density at radius 1 is 0.793 bits per heavy atom. The van der Waals surface area contributed by atoms with E-state index in [4.69, 9.17) is 14.6 Å². The summed E-state index contributed by atoms with van der Waals surface area (Å²) in [7, 11) is 1.35. The highest BCUT2D eigenvalue weighted by molar-refractivity contribution is 8.00. The minimum Gasteiger partial charge on any atom is -0.448 e. The number of rotatable bonds is 13. The van der Waals surface area contributed by atoms with Crippen molar-refractivity contribution in [2.24, 2.45) is 5.16 Å². The monoisotopic (exact) mass is 805 g/mol. The number of nitrogens with zero attached hydrogens (tertiary/aromatic N) is 3. The Morgan fingerprint density at radius 2 is 1.29 bits per heavy atom. The van der Waals surface area contributed by atoms with Crippen LogP contribution in [0, 0.1) is 0 Å². The zero-order valence-electron chi connectivity index (χ0n) is 31.6. The number of β-lactam (4-membered cyclic amide) rings is 1. The van der Waals surface area contributed by atoms with E-state index in [9.17, 15) is 14.4 Å². The lowest BCUT2D eigenvalue weighted by Crippen LogP contribution is -2.71. The molecular formula is C46H39N5O5S2. The molecule has 2 N–H and O–H groups in total. The van der Waals surface area contributed by atoms with Gasteiger partial charge in [0.1, 0.15) is 35.5 Å². The highest BCUT2D eigenvalue weighted by Gasteiger charge is 2.54. The average Bonchev–Trinajstić information content (AvgIpc) is 3.74. The quantitative estimate of drug-likeness (QED) is 0.0398. The van der Waals surface area contributed by atoms with Gasteiger partial charge in [0.05, 0.1) is 0 Å². The van der Waals surface area contributed by atoms with Gasteiger partial charge in [-0.3, -0.25) is 14.5 Å². The average molecular weight is 806 g/mol. The number of anilines is 1. The molecule has 5 aromatic carbocycles. The molecule has 0 saturated carbocycles. The Kier molecular flexibility index (Phi) is 11.2. The molecule has 2 amide bonds. The van der Waals surface area contributed by atoms with Crippen molar-refractivity contribution < 1.29 is 24.0 Å². The van der Waals surface area contributed by atoms with Crippen molar-refractivity contribution in [2.45, 2.75) is 30.0 Å². The number of aromatic nitrogens is 1. The molecule has 290 valence electrons. The molecule has 1 fully saturated rings. The van der Waals surface area contributed by atoms with Crippen molar-refractivity contribution in [1.82, 2.24) is 15.2 Å². The number of ether oxygens (including phenoxy) is 1. The van der Waals surface area contributed by atoms with E-state index in [1.807, 2.05) is 122 Å². The summed E-state index contributed by atoms with van der Waals surface area (Å²) >= 11 is 2.78. The van der Waals surface area contributed by atoms with E-state index in [-0.39, 0.29) is 17.1 Å². The smallest absolute Gasteiger partial charge is 0.356 e. The molecule has 6 aromatic rings. The van der Waals surface area contributed by atoms with Gasteiger partial charge in [-0.2, -0.15) is 0 Å². The van der Waals surface area contributed by atoms with Gasteiger partial charge in [-0.1, -0.05) is 157 Å². The third-order valence-electron chi connectivity index (χ3n) is 10.1. The number of carbonyl (C=O) groups excluding carboxylic acids is 3. The van der Waals surface area contributed by atoms with E-state index >= 15 is 0 Å². The van der Waals surface area contributed by atoms with Crippen LogP contribution in [0.1, 0.15) is 46.5 Å². The van der Waals surface area contributed by atoms with Crippen LogP contribution < -0.4 is 10.6 Å². The van der Waals surface area contributed by atoms with Gasteiger partial charge in [0, 0.05) is 11.1 Å². The Balaban J connectivity index is 1.02. The number of amides is 2. The van der Waals surface area contributed by atoms with Crippen molar-refractivity contribution in [3.63, 3.8) is 0 Å². The third-order valence-corrected chi connectivity index (χ3v) is 12.3. The highest BCUT2D eigenvalue weighted by atomic mass is 32.2. The summed E-state index contributed by atoms with van der Waals surface area (Å²) < 4.78 is 6.16. The maximum atomic E-state index is 14.0. The van der Waals surface area contributed by atoms with E-state index in [0.29, 0.717) is 16.5 Å². The first kappa shape index (κ1) is 38.4. The highest BCUT2D eigenvalue weighted by Crippen LogP contribution is 2.43. The van der Waals surface area contributed by atoms with Crippen molar-refractivity contribution in [1.29, 1.82) is 0 Å². The molecule has 0 radical (unpaired) electrons. The molecular weight excluding hydrogens is 767 g/mol. The summed E-state index contributed by atoms with van der Waals surface area (Å²) in [5, 5.41) is 12.4. The fraction of sp³-hybridized carbons (Fsp3) is 0.152. The minimum absolute atomic E-state index is 0.0940. The molecule has 8 rings (SSSR count). The predicted octanol–water partition coefficient (Wildman–Crippen LogP) is 7.90. The van der Waals surface area contributed by atoms with Crippen LogP contribution in [0.4, 0.5) is 5.13 Å². The number of benzene rings is 5.